The molecule has 0 spiro atoms. The Morgan fingerprint density at radius 3 is 2.35 bits per heavy atom. The zero-order chi connectivity index (χ0) is 22.6. The van der Waals surface area contributed by atoms with Crippen molar-refractivity contribution in [3.8, 4) is 5.75 Å². The van der Waals surface area contributed by atoms with E-state index in [1.807, 2.05) is 24.3 Å². The summed E-state index contributed by atoms with van der Waals surface area (Å²) in [5.74, 6) is 0.422. The van der Waals surface area contributed by atoms with Crippen LogP contribution in [0, 0.1) is 0 Å². The summed E-state index contributed by atoms with van der Waals surface area (Å²) in [6.07, 6.45) is 4.31. The van der Waals surface area contributed by atoms with Crippen LogP contribution in [-0.2, 0) is 22.5 Å². The van der Waals surface area contributed by atoms with Crippen LogP contribution < -0.4 is 10.1 Å². The van der Waals surface area contributed by atoms with Gasteiger partial charge in [-0.05, 0) is 42.0 Å². The first-order valence-corrected chi connectivity index (χ1v) is 12.2. The number of aryl methyl sites for hydroxylation is 1. The summed E-state index contributed by atoms with van der Waals surface area (Å²) < 4.78 is 34.4. The van der Waals surface area contributed by atoms with Gasteiger partial charge in [0.2, 0.25) is 10.0 Å². The van der Waals surface area contributed by atoms with Crippen molar-refractivity contribution < 1.29 is 17.9 Å². The van der Waals surface area contributed by atoms with Gasteiger partial charge in [-0.3, -0.25) is 4.79 Å². The number of piperidine rings is 1. The lowest BCUT2D eigenvalue weighted by Crippen LogP contribution is -2.35. The Morgan fingerprint density at radius 1 is 1.10 bits per heavy atom. The number of nitrogens with zero attached hydrogens (tertiary/aromatic N) is 2. The molecule has 0 bridgehead atoms. The van der Waals surface area contributed by atoms with Gasteiger partial charge in [0.05, 0.1) is 6.54 Å². The lowest BCUT2D eigenvalue weighted by molar-refractivity contribution is 0.0939. The molecule has 8 heteroatoms. The molecule has 1 aromatic carbocycles. The van der Waals surface area contributed by atoms with Crippen molar-refractivity contribution in [3.05, 3.63) is 47.8 Å². The molecule has 0 saturated carbocycles. The maximum atomic E-state index is 12.8. The first-order chi connectivity index (χ1) is 14.6. The fourth-order valence-electron chi connectivity index (χ4n) is 3.63. The molecule has 2 heterocycles. The fourth-order valence-corrected chi connectivity index (χ4v) is 5.22. The Labute approximate surface area is 185 Å². The topological polar surface area (TPSA) is 80.6 Å². The van der Waals surface area contributed by atoms with Crippen LogP contribution in [0.4, 0.5) is 0 Å². The lowest BCUT2D eigenvalue weighted by atomic mass is 9.87. The third-order valence-corrected chi connectivity index (χ3v) is 7.41. The van der Waals surface area contributed by atoms with Crippen LogP contribution in [0.2, 0.25) is 0 Å². The normalized spacial score (nSPS) is 15.6. The summed E-state index contributed by atoms with van der Waals surface area (Å²) in [7, 11) is -1.89. The van der Waals surface area contributed by atoms with Crippen LogP contribution in [0.25, 0.3) is 0 Å². The maximum Gasteiger partial charge on any atom is 0.268 e. The minimum Gasteiger partial charge on any atom is -0.492 e. The Balaban J connectivity index is 1.54. The van der Waals surface area contributed by atoms with Gasteiger partial charge >= 0.3 is 0 Å². The molecule has 170 valence electrons. The third-order valence-electron chi connectivity index (χ3n) is 5.54. The molecular weight excluding hydrogens is 414 g/mol. The Morgan fingerprint density at radius 2 is 1.74 bits per heavy atom. The summed E-state index contributed by atoms with van der Waals surface area (Å²) in [6.45, 7) is 8.18. The summed E-state index contributed by atoms with van der Waals surface area (Å²) >= 11 is 0. The van der Waals surface area contributed by atoms with E-state index in [4.69, 9.17) is 4.74 Å². The molecule has 1 amide bonds. The summed E-state index contributed by atoms with van der Waals surface area (Å²) in [5.41, 5.74) is 1.62. The monoisotopic (exact) mass is 447 g/mol. The van der Waals surface area contributed by atoms with E-state index in [0.29, 0.717) is 31.9 Å². The number of hydrogen-bond donors (Lipinski definition) is 1. The minimum atomic E-state index is -3.56. The molecule has 0 aliphatic carbocycles. The van der Waals surface area contributed by atoms with Gasteiger partial charge in [-0.2, -0.15) is 4.31 Å². The van der Waals surface area contributed by atoms with E-state index < -0.39 is 10.0 Å². The van der Waals surface area contributed by atoms with Gasteiger partial charge in [-0.1, -0.05) is 39.3 Å². The van der Waals surface area contributed by atoms with Gasteiger partial charge in [0, 0.05) is 26.3 Å². The average Bonchev–Trinajstić information content (AvgIpc) is 3.14. The van der Waals surface area contributed by atoms with Crippen LogP contribution in [0.15, 0.2) is 41.4 Å². The first kappa shape index (κ1) is 23.3. The van der Waals surface area contributed by atoms with Crippen molar-refractivity contribution in [2.24, 2.45) is 7.05 Å². The number of amides is 1. The number of ether oxygens (including phenoxy) is 1. The highest BCUT2D eigenvalue weighted by Gasteiger charge is 2.28. The van der Waals surface area contributed by atoms with Gasteiger partial charge in [0.15, 0.2) is 0 Å². The van der Waals surface area contributed by atoms with E-state index in [9.17, 15) is 13.2 Å². The van der Waals surface area contributed by atoms with Crippen LogP contribution in [-0.4, -0.2) is 49.4 Å². The van der Waals surface area contributed by atoms with Gasteiger partial charge in [-0.15, -0.1) is 0 Å². The van der Waals surface area contributed by atoms with Gasteiger partial charge in [-0.25, -0.2) is 8.42 Å². The number of aromatic nitrogens is 1. The number of benzene rings is 1. The van der Waals surface area contributed by atoms with Crippen molar-refractivity contribution in [2.75, 3.05) is 26.2 Å². The zero-order valence-corrected chi connectivity index (χ0v) is 19.7. The Kier molecular flexibility index (Phi) is 7.11. The SMILES string of the molecule is Cn1cc(S(=O)(=O)N2CCCCC2)cc1C(=O)NCCOc1ccc(C(C)(C)C)cc1. The molecule has 2 aromatic rings. The van der Waals surface area contributed by atoms with E-state index in [0.717, 1.165) is 25.0 Å². The van der Waals surface area contributed by atoms with E-state index in [1.54, 1.807) is 11.6 Å². The second-order valence-corrected chi connectivity index (χ2v) is 11.0. The molecule has 1 aromatic heterocycles. The molecule has 1 saturated heterocycles. The first-order valence-electron chi connectivity index (χ1n) is 10.8. The summed E-state index contributed by atoms with van der Waals surface area (Å²) in [6, 6.07) is 9.39. The molecule has 1 fully saturated rings. The Hall–Kier alpha value is -2.32. The number of hydrogen-bond acceptors (Lipinski definition) is 4. The molecule has 1 aliphatic rings. The van der Waals surface area contributed by atoms with Crippen molar-refractivity contribution >= 4 is 15.9 Å². The van der Waals surface area contributed by atoms with Crippen LogP contribution >= 0.6 is 0 Å². The fraction of sp³-hybridized carbons (Fsp3) is 0.522. The van der Waals surface area contributed by atoms with E-state index in [-0.39, 0.29) is 16.2 Å². The molecule has 0 unspecified atom stereocenters. The highest BCUT2D eigenvalue weighted by molar-refractivity contribution is 7.89. The van der Waals surface area contributed by atoms with Crippen molar-refractivity contribution in [2.45, 2.75) is 50.3 Å². The standard InChI is InChI=1S/C23H33N3O4S/c1-23(2,3)18-8-10-19(11-9-18)30-15-12-24-22(27)21-16-20(17-25(21)4)31(28,29)26-13-6-5-7-14-26/h8-11,16-17H,5-7,12-15H2,1-4H3,(H,24,27). The molecule has 3 rings (SSSR count). The average molecular weight is 448 g/mol. The number of carbonyl (C=O) groups is 1. The number of rotatable bonds is 7. The Bertz CT molecular complexity index is 998. The molecule has 31 heavy (non-hydrogen) atoms. The predicted molar refractivity (Wildman–Crippen MR) is 121 cm³/mol. The quantitative estimate of drug-likeness (QED) is 0.661. The lowest BCUT2D eigenvalue weighted by Gasteiger charge is -2.25. The highest BCUT2D eigenvalue weighted by atomic mass is 32.2. The van der Waals surface area contributed by atoms with E-state index in [1.165, 1.54) is 22.1 Å². The third kappa shape index (κ3) is 5.68. The van der Waals surface area contributed by atoms with E-state index >= 15 is 0 Å². The van der Waals surface area contributed by atoms with Crippen LogP contribution in [0.5, 0.6) is 5.75 Å². The highest BCUT2D eigenvalue weighted by Crippen LogP contribution is 2.24. The van der Waals surface area contributed by atoms with Crippen molar-refractivity contribution in [1.29, 1.82) is 0 Å². The van der Waals surface area contributed by atoms with Crippen LogP contribution in [0.1, 0.15) is 56.1 Å². The molecule has 1 N–H and O–H groups in total. The molecule has 0 atom stereocenters. The molecule has 0 radical (unpaired) electrons. The minimum absolute atomic E-state index is 0.0852. The largest absolute Gasteiger partial charge is 0.492 e. The van der Waals surface area contributed by atoms with E-state index in [2.05, 4.69) is 26.1 Å². The maximum absolute atomic E-state index is 12.8. The van der Waals surface area contributed by atoms with Gasteiger partial charge in [0.1, 0.15) is 22.9 Å². The second-order valence-electron chi connectivity index (χ2n) is 9.02. The number of carbonyl (C=O) groups excluding carboxylic acids is 1. The van der Waals surface area contributed by atoms with Crippen molar-refractivity contribution in [3.63, 3.8) is 0 Å². The summed E-state index contributed by atoms with van der Waals surface area (Å²) in [4.78, 5) is 12.7. The van der Waals surface area contributed by atoms with Crippen LogP contribution in [0.3, 0.4) is 0 Å². The second kappa shape index (κ2) is 9.44. The van der Waals surface area contributed by atoms with Gasteiger partial charge in [0.25, 0.3) is 5.91 Å². The molecular formula is C23H33N3O4S. The van der Waals surface area contributed by atoms with Gasteiger partial charge < -0.3 is 14.6 Å². The number of nitrogens with one attached hydrogen (secondary N) is 1. The summed E-state index contributed by atoms with van der Waals surface area (Å²) in [5, 5.41) is 2.80. The van der Waals surface area contributed by atoms with Crippen molar-refractivity contribution in [1.82, 2.24) is 14.2 Å². The molecule has 7 nitrogen and oxygen atoms in total. The molecule has 1 aliphatic heterocycles. The smallest absolute Gasteiger partial charge is 0.268 e. The zero-order valence-electron chi connectivity index (χ0n) is 18.8. The predicted octanol–water partition coefficient (Wildman–Crippen LogP) is 3.31. The number of sulfonamides is 1.